The third kappa shape index (κ3) is 4.16. The van der Waals surface area contributed by atoms with E-state index in [0.717, 1.165) is 53.6 Å². The van der Waals surface area contributed by atoms with Crippen molar-refractivity contribution in [3.05, 3.63) is 48.0 Å². The number of carbonyl (C=O) groups excluding carboxylic acids is 1. The smallest absolute Gasteiger partial charge is 0.411 e. The molecular formula is C27H29N3O3. The zero-order valence-electron chi connectivity index (χ0n) is 19.1. The predicted molar refractivity (Wildman–Crippen MR) is 128 cm³/mol. The van der Waals surface area contributed by atoms with Gasteiger partial charge in [0.05, 0.1) is 23.4 Å². The van der Waals surface area contributed by atoms with E-state index < -0.39 is 6.09 Å². The minimum absolute atomic E-state index is 0.0535. The Labute approximate surface area is 194 Å². The number of ether oxygens (including phenoxy) is 2. The van der Waals surface area contributed by atoms with E-state index in [1.807, 2.05) is 50.2 Å². The molecule has 0 bridgehead atoms. The van der Waals surface area contributed by atoms with E-state index in [1.165, 1.54) is 6.42 Å². The summed E-state index contributed by atoms with van der Waals surface area (Å²) in [5, 5.41) is 13.9. The molecule has 2 aliphatic rings. The summed E-state index contributed by atoms with van der Waals surface area (Å²) in [6.07, 6.45) is 5.21. The molecule has 6 heteroatoms. The number of nitrogens with zero attached hydrogens (tertiary/aromatic N) is 2. The minimum Gasteiger partial charge on any atom is -0.494 e. The molecule has 33 heavy (non-hydrogen) atoms. The second kappa shape index (κ2) is 8.82. The summed E-state index contributed by atoms with van der Waals surface area (Å²) in [4.78, 5) is 12.2. The fraction of sp³-hybridized carbons (Fsp3) is 0.407. The fourth-order valence-electron chi connectivity index (χ4n) is 4.66. The zero-order valence-corrected chi connectivity index (χ0v) is 19.1. The summed E-state index contributed by atoms with van der Waals surface area (Å²) >= 11 is 0. The topological polar surface area (TPSA) is 76.3 Å². The third-order valence-electron chi connectivity index (χ3n) is 6.82. The molecule has 0 saturated heterocycles. The standard InChI is InChI=1S/C27H29N3O3/c1-3-32-22-13-14-25-23(15-22)24(16-28)26(30(25)21-5-4-6-21)19-9-11-20(12-10-19)29-27(31)33-17(2)18-7-8-18/h9-15,17-18,21H,3-8H2,1-2H3,(H,29,31). The Morgan fingerprint density at radius 3 is 2.55 bits per heavy atom. The van der Waals surface area contributed by atoms with Crippen LogP contribution in [0.4, 0.5) is 10.5 Å². The van der Waals surface area contributed by atoms with Crippen LogP contribution in [0.15, 0.2) is 42.5 Å². The Morgan fingerprint density at radius 1 is 1.18 bits per heavy atom. The minimum atomic E-state index is -0.424. The van der Waals surface area contributed by atoms with Gasteiger partial charge in [0.25, 0.3) is 0 Å². The second-order valence-electron chi connectivity index (χ2n) is 9.05. The summed E-state index contributed by atoms with van der Waals surface area (Å²) in [5.41, 5.74) is 4.29. The molecule has 2 aliphatic carbocycles. The molecule has 1 aromatic heterocycles. The molecule has 2 saturated carbocycles. The SMILES string of the molecule is CCOc1ccc2c(c1)c(C#N)c(-c1ccc(NC(=O)OC(C)C3CC3)cc1)n2C1CCC1. The number of fused-ring (bicyclic) bond motifs is 1. The van der Waals surface area contributed by atoms with Crippen LogP contribution in [0.3, 0.4) is 0 Å². The van der Waals surface area contributed by atoms with E-state index in [1.54, 1.807) is 0 Å². The van der Waals surface area contributed by atoms with Crippen molar-refractivity contribution >= 4 is 22.7 Å². The average Bonchev–Trinajstić information content (AvgIpc) is 3.57. The number of benzene rings is 2. The Bertz CT molecular complexity index is 1210. The van der Waals surface area contributed by atoms with Crippen LogP contribution in [0.2, 0.25) is 0 Å². The molecule has 3 aromatic rings. The normalized spacial score (nSPS) is 16.6. The lowest BCUT2D eigenvalue weighted by atomic mass is 9.92. The molecule has 6 nitrogen and oxygen atoms in total. The van der Waals surface area contributed by atoms with Crippen molar-refractivity contribution in [1.82, 2.24) is 4.57 Å². The van der Waals surface area contributed by atoms with Gasteiger partial charge in [0, 0.05) is 17.1 Å². The lowest BCUT2D eigenvalue weighted by molar-refractivity contribution is 0.108. The van der Waals surface area contributed by atoms with Crippen molar-refractivity contribution in [2.24, 2.45) is 5.92 Å². The highest BCUT2D eigenvalue weighted by Crippen LogP contribution is 2.43. The van der Waals surface area contributed by atoms with E-state index in [2.05, 4.69) is 22.0 Å². The van der Waals surface area contributed by atoms with Crippen molar-refractivity contribution < 1.29 is 14.3 Å². The first kappa shape index (κ1) is 21.4. The largest absolute Gasteiger partial charge is 0.494 e. The third-order valence-corrected chi connectivity index (χ3v) is 6.82. The summed E-state index contributed by atoms with van der Waals surface area (Å²) < 4.78 is 13.5. The van der Waals surface area contributed by atoms with Crippen LogP contribution in [0, 0.1) is 17.2 Å². The Balaban J connectivity index is 1.48. The maximum Gasteiger partial charge on any atom is 0.411 e. The number of hydrogen-bond acceptors (Lipinski definition) is 4. The van der Waals surface area contributed by atoms with Crippen LogP contribution in [0.5, 0.6) is 5.75 Å². The molecule has 2 aromatic carbocycles. The van der Waals surface area contributed by atoms with Crippen LogP contribution >= 0.6 is 0 Å². The molecule has 1 heterocycles. The highest BCUT2D eigenvalue weighted by atomic mass is 16.6. The van der Waals surface area contributed by atoms with Crippen molar-refractivity contribution in [2.75, 3.05) is 11.9 Å². The van der Waals surface area contributed by atoms with Gasteiger partial charge in [0.2, 0.25) is 0 Å². The van der Waals surface area contributed by atoms with E-state index in [0.29, 0.717) is 29.8 Å². The van der Waals surface area contributed by atoms with Gasteiger partial charge < -0.3 is 14.0 Å². The molecular weight excluding hydrogens is 414 g/mol. The van der Waals surface area contributed by atoms with E-state index in [4.69, 9.17) is 9.47 Å². The van der Waals surface area contributed by atoms with E-state index in [-0.39, 0.29) is 6.10 Å². The van der Waals surface area contributed by atoms with Gasteiger partial charge in [-0.25, -0.2) is 4.79 Å². The van der Waals surface area contributed by atoms with Crippen LogP contribution < -0.4 is 10.1 Å². The van der Waals surface area contributed by atoms with Gasteiger partial charge in [-0.1, -0.05) is 12.1 Å². The monoisotopic (exact) mass is 443 g/mol. The molecule has 1 amide bonds. The molecule has 0 spiro atoms. The number of anilines is 1. The number of amides is 1. The Morgan fingerprint density at radius 2 is 1.94 bits per heavy atom. The Hall–Kier alpha value is -3.46. The number of nitriles is 1. The fourth-order valence-corrected chi connectivity index (χ4v) is 4.66. The summed E-state index contributed by atoms with van der Waals surface area (Å²) in [5.74, 6) is 1.27. The van der Waals surface area contributed by atoms with Gasteiger partial charge in [-0.2, -0.15) is 5.26 Å². The van der Waals surface area contributed by atoms with E-state index >= 15 is 0 Å². The van der Waals surface area contributed by atoms with Crippen molar-refractivity contribution in [1.29, 1.82) is 5.26 Å². The number of hydrogen-bond donors (Lipinski definition) is 1. The molecule has 0 radical (unpaired) electrons. The quantitative estimate of drug-likeness (QED) is 0.443. The maximum absolute atomic E-state index is 12.2. The van der Waals surface area contributed by atoms with Crippen LogP contribution in [0.1, 0.15) is 57.6 Å². The van der Waals surface area contributed by atoms with Gasteiger partial charge in [-0.3, -0.25) is 5.32 Å². The summed E-state index contributed by atoms with van der Waals surface area (Å²) in [6.45, 7) is 4.48. The molecule has 1 unspecified atom stereocenters. The van der Waals surface area contributed by atoms with Gasteiger partial charge in [-0.05, 0) is 87.8 Å². The van der Waals surface area contributed by atoms with Gasteiger partial charge in [0.15, 0.2) is 0 Å². The first-order valence-electron chi connectivity index (χ1n) is 11.9. The van der Waals surface area contributed by atoms with Gasteiger partial charge in [-0.15, -0.1) is 0 Å². The molecule has 2 fully saturated rings. The number of carbonyl (C=O) groups is 1. The number of aromatic nitrogens is 1. The number of rotatable bonds is 7. The van der Waals surface area contributed by atoms with Gasteiger partial charge in [0.1, 0.15) is 17.9 Å². The molecule has 1 N–H and O–H groups in total. The molecule has 170 valence electrons. The Kier molecular flexibility index (Phi) is 5.72. The first-order chi connectivity index (χ1) is 16.1. The lowest BCUT2D eigenvalue weighted by Crippen LogP contribution is -2.21. The summed E-state index contributed by atoms with van der Waals surface area (Å²) in [7, 11) is 0. The summed E-state index contributed by atoms with van der Waals surface area (Å²) in [6, 6.07) is 16.5. The van der Waals surface area contributed by atoms with Crippen LogP contribution in [-0.4, -0.2) is 23.4 Å². The van der Waals surface area contributed by atoms with Crippen molar-refractivity contribution in [3.8, 4) is 23.1 Å². The average molecular weight is 444 g/mol. The van der Waals surface area contributed by atoms with Crippen molar-refractivity contribution in [2.45, 2.75) is 58.1 Å². The zero-order chi connectivity index (χ0) is 22.9. The molecule has 5 rings (SSSR count). The van der Waals surface area contributed by atoms with Gasteiger partial charge >= 0.3 is 6.09 Å². The lowest BCUT2D eigenvalue weighted by Gasteiger charge is -2.30. The number of nitrogens with one attached hydrogen (secondary N) is 1. The predicted octanol–water partition coefficient (Wildman–Crippen LogP) is 6.65. The van der Waals surface area contributed by atoms with E-state index in [9.17, 15) is 10.1 Å². The molecule has 1 atom stereocenters. The van der Waals surface area contributed by atoms with Crippen LogP contribution in [0.25, 0.3) is 22.2 Å². The first-order valence-corrected chi connectivity index (χ1v) is 11.9. The highest BCUT2D eigenvalue weighted by Gasteiger charge is 2.31. The second-order valence-corrected chi connectivity index (χ2v) is 9.05. The van der Waals surface area contributed by atoms with Crippen molar-refractivity contribution in [3.63, 3.8) is 0 Å². The highest BCUT2D eigenvalue weighted by molar-refractivity contribution is 5.96. The van der Waals surface area contributed by atoms with Crippen LogP contribution in [-0.2, 0) is 4.74 Å². The maximum atomic E-state index is 12.2. The molecule has 0 aliphatic heterocycles.